The van der Waals surface area contributed by atoms with Crippen molar-refractivity contribution in [3.8, 4) is 0 Å². The number of hydrogen-bond acceptors (Lipinski definition) is 5. The van der Waals surface area contributed by atoms with E-state index in [1.165, 1.54) is 11.3 Å². The van der Waals surface area contributed by atoms with Crippen molar-refractivity contribution in [3.63, 3.8) is 0 Å². The molecule has 1 aromatic carbocycles. The monoisotopic (exact) mass is 356 g/mol. The van der Waals surface area contributed by atoms with Gasteiger partial charge < -0.3 is 15.5 Å². The van der Waals surface area contributed by atoms with Gasteiger partial charge in [-0.25, -0.2) is 4.98 Å². The number of benzene rings is 1. The van der Waals surface area contributed by atoms with Crippen LogP contribution in [0.25, 0.3) is 0 Å². The van der Waals surface area contributed by atoms with Gasteiger partial charge in [-0.1, -0.05) is 30.3 Å². The molecule has 2 aromatic rings. The van der Waals surface area contributed by atoms with Gasteiger partial charge in [-0.05, 0) is 5.56 Å². The Kier molecular flexibility index (Phi) is 3.95. The number of aromatic nitrogens is 1. The third-order valence-electron chi connectivity index (χ3n) is 5.24. The molecule has 0 saturated carbocycles. The number of anilines is 1. The van der Waals surface area contributed by atoms with Crippen molar-refractivity contribution < 1.29 is 9.59 Å². The SMILES string of the molecule is CC(=O)N1C[C@H]2CN(C(=O)c3csc(N)n3)C[C@H]2[C@@H]1c1ccccc1. The Labute approximate surface area is 150 Å². The second kappa shape index (κ2) is 6.15. The molecule has 2 saturated heterocycles. The van der Waals surface area contributed by atoms with Gasteiger partial charge in [0.05, 0.1) is 6.04 Å². The molecule has 3 heterocycles. The number of likely N-dealkylation sites (tertiary alicyclic amines) is 2. The molecule has 0 spiro atoms. The fourth-order valence-corrected chi connectivity index (χ4v) is 4.70. The maximum absolute atomic E-state index is 12.7. The van der Waals surface area contributed by atoms with Crippen LogP contribution in [0.3, 0.4) is 0 Å². The molecule has 2 amide bonds. The van der Waals surface area contributed by atoms with Gasteiger partial charge >= 0.3 is 0 Å². The van der Waals surface area contributed by atoms with E-state index in [0.717, 1.165) is 5.56 Å². The number of nitrogens with zero attached hydrogens (tertiary/aromatic N) is 3. The molecule has 2 aliphatic rings. The zero-order valence-electron chi connectivity index (χ0n) is 14.0. The van der Waals surface area contributed by atoms with Crippen LogP contribution in [0.4, 0.5) is 5.13 Å². The lowest BCUT2D eigenvalue weighted by atomic mass is 9.89. The van der Waals surface area contributed by atoms with Gasteiger partial charge in [0.25, 0.3) is 5.91 Å². The molecule has 3 atom stereocenters. The van der Waals surface area contributed by atoms with E-state index in [1.54, 1.807) is 12.3 Å². The number of rotatable bonds is 2. The zero-order valence-corrected chi connectivity index (χ0v) is 14.8. The topological polar surface area (TPSA) is 79.5 Å². The van der Waals surface area contributed by atoms with Crippen LogP contribution in [0.5, 0.6) is 0 Å². The van der Waals surface area contributed by atoms with Crippen LogP contribution in [-0.2, 0) is 4.79 Å². The minimum atomic E-state index is -0.0662. The highest BCUT2D eigenvalue weighted by Crippen LogP contribution is 2.45. The number of carbonyl (C=O) groups is 2. The summed E-state index contributed by atoms with van der Waals surface area (Å²) < 4.78 is 0. The van der Waals surface area contributed by atoms with Crippen molar-refractivity contribution >= 4 is 28.3 Å². The van der Waals surface area contributed by atoms with E-state index in [-0.39, 0.29) is 23.8 Å². The number of fused-ring (bicyclic) bond motifs is 1. The highest BCUT2D eigenvalue weighted by molar-refractivity contribution is 7.13. The average Bonchev–Trinajstić information content (AvgIpc) is 3.28. The summed E-state index contributed by atoms with van der Waals surface area (Å²) in [5.74, 6) is 0.581. The summed E-state index contributed by atoms with van der Waals surface area (Å²) in [6, 6.07) is 10.1. The molecule has 0 unspecified atom stereocenters. The number of carbonyl (C=O) groups excluding carboxylic acids is 2. The lowest BCUT2D eigenvalue weighted by Crippen LogP contribution is -2.36. The van der Waals surface area contributed by atoms with Gasteiger partial charge in [0.15, 0.2) is 5.13 Å². The fraction of sp³-hybridized carbons (Fsp3) is 0.389. The summed E-state index contributed by atoms with van der Waals surface area (Å²) in [6.45, 7) is 3.62. The van der Waals surface area contributed by atoms with E-state index in [0.29, 0.717) is 36.4 Å². The smallest absolute Gasteiger partial charge is 0.273 e. The number of amides is 2. The summed E-state index contributed by atoms with van der Waals surface area (Å²) in [6.07, 6.45) is 0. The van der Waals surface area contributed by atoms with Gasteiger partial charge in [0, 0.05) is 43.8 Å². The molecule has 0 radical (unpaired) electrons. The summed E-state index contributed by atoms with van der Waals surface area (Å²) in [5.41, 5.74) is 7.20. The number of hydrogen-bond donors (Lipinski definition) is 1. The second-order valence-corrected chi connectivity index (χ2v) is 7.62. The number of nitrogen functional groups attached to an aromatic ring is 1. The molecule has 2 fully saturated rings. The molecule has 4 rings (SSSR count). The Morgan fingerprint density at radius 1 is 1.20 bits per heavy atom. The Balaban J connectivity index is 1.58. The lowest BCUT2D eigenvalue weighted by Gasteiger charge is -2.29. The van der Waals surface area contributed by atoms with Crippen LogP contribution in [0.1, 0.15) is 29.0 Å². The van der Waals surface area contributed by atoms with Crippen molar-refractivity contribution in [2.45, 2.75) is 13.0 Å². The molecular weight excluding hydrogens is 336 g/mol. The molecule has 25 heavy (non-hydrogen) atoms. The summed E-state index contributed by atoms with van der Waals surface area (Å²) in [4.78, 5) is 32.7. The van der Waals surface area contributed by atoms with Gasteiger partial charge in [0.1, 0.15) is 5.69 Å². The lowest BCUT2D eigenvalue weighted by molar-refractivity contribution is -0.130. The molecule has 1 aromatic heterocycles. The molecular formula is C18H20N4O2S. The van der Waals surface area contributed by atoms with Crippen molar-refractivity contribution in [1.82, 2.24) is 14.8 Å². The number of nitrogens with two attached hydrogens (primary N) is 1. The average molecular weight is 356 g/mol. The Bertz CT molecular complexity index is 806. The Morgan fingerprint density at radius 3 is 2.60 bits per heavy atom. The molecule has 0 bridgehead atoms. The van der Waals surface area contributed by atoms with Crippen LogP contribution >= 0.6 is 11.3 Å². The minimum absolute atomic E-state index is 0.0296. The molecule has 0 aliphatic carbocycles. The standard InChI is InChI=1S/C18H20N4O2S/c1-11(23)22-8-13-7-21(17(24)15-10-25-18(19)20-15)9-14(13)16(22)12-5-3-2-4-6-12/h2-6,10,13-14,16H,7-9H2,1H3,(H2,19,20)/t13-,14-,16+/m1/s1. The molecule has 7 heteroatoms. The first-order valence-electron chi connectivity index (χ1n) is 8.37. The third kappa shape index (κ3) is 2.78. The molecule has 130 valence electrons. The molecule has 6 nitrogen and oxygen atoms in total. The van der Waals surface area contributed by atoms with Gasteiger partial charge in [0.2, 0.25) is 5.91 Å². The van der Waals surface area contributed by atoms with E-state index in [1.807, 2.05) is 28.0 Å². The van der Waals surface area contributed by atoms with Gasteiger partial charge in [-0.15, -0.1) is 11.3 Å². The Morgan fingerprint density at radius 2 is 1.96 bits per heavy atom. The van der Waals surface area contributed by atoms with Gasteiger partial charge in [-0.2, -0.15) is 0 Å². The van der Waals surface area contributed by atoms with E-state index in [9.17, 15) is 9.59 Å². The maximum atomic E-state index is 12.7. The van der Waals surface area contributed by atoms with Crippen molar-refractivity contribution in [1.29, 1.82) is 0 Å². The van der Waals surface area contributed by atoms with Crippen molar-refractivity contribution in [2.24, 2.45) is 11.8 Å². The first-order valence-corrected chi connectivity index (χ1v) is 9.25. The van der Waals surface area contributed by atoms with E-state index in [4.69, 9.17) is 5.73 Å². The summed E-state index contributed by atoms with van der Waals surface area (Å²) >= 11 is 1.28. The largest absolute Gasteiger partial charge is 0.375 e. The second-order valence-electron chi connectivity index (χ2n) is 6.73. The third-order valence-corrected chi connectivity index (χ3v) is 5.91. The first kappa shape index (κ1) is 16.1. The normalized spacial score (nSPS) is 25.2. The quantitative estimate of drug-likeness (QED) is 0.893. The minimum Gasteiger partial charge on any atom is -0.375 e. The van der Waals surface area contributed by atoms with E-state index in [2.05, 4.69) is 17.1 Å². The van der Waals surface area contributed by atoms with Crippen LogP contribution in [0.2, 0.25) is 0 Å². The fourth-order valence-electron chi connectivity index (χ4n) is 4.16. The highest BCUT2D eigenvalue weighted by atomic mass is 32.1. The molecule has 2 N–H and O–H groups in total. The predicted molar refractivity (Wildman–Crippen MR) is 96.0 cm³/mol. The summed E-state index contributed by atoms with van der Waals surface area (Å²) in [7, 11) is 0. The van der Waals surface area contributed by atoms with E-state index < -0.39 is 0 Å². The molecule has 2 aliphatic heterocycles. The zero-order chi connectivity index (χ0) is 17.6. The number of thiazole rings is 1. The van der Waals surface area contributed by atoms with Gasteiger partial charge in [-0.3, -0.25) is 9.59 Å². The van der Waals surface area contributed by atoms with Crippen LogP contribution in [0.15, 0.2) is 35.7 Å². The maximum Gasteiger partial charge on any atom is 0.273 e. The van der Waals surface area contributed by atoms with Crippen LogP contribution in [0, 0.1) is 11.8 Å². The van der Waals surface area contributed by atoms with Crippen molar-refractivity contribution in [3.05, 3.63) is 47.0 Å². The highest BCUT2D eigenvalue weighted by Gasteiger charge is 2.49. The van der Waals surface area contributed by atoms with E-state index >= 15 is 0 Å². The predicted octanol–water partition coefficient (Wildman–Crippen LogP) is 2.02. The summed E-state index contributed by atoms with van der Waals surface area (Å²) in [5, 5.41) is 2.12. The van der Waals surface area contributed by atoms with Crippen LogP contribution < -0.4 is 5.73 Å². The van der Waals surface area contributed by atoms with Crippen LogP contribution in [-0.4, -0.2) is 46.2 Å². The van der Waals surface area contributed by atoms with Crippen molar-refractivity contribution in [2.75, 3.05) is 25.4 Å². The Hall–Kier alpha value is -2.41. The first-order chi connectivity index (χ1) is 12.0.